The normalized spacial score (nSPS) is 9.75. The van der Waals surface area contributed by atoms with Crippen LogP contribution < -0.4 is 5.73 Å². The van der Waals surface area contributed by atoms with Gasteiger partial charge in [0.25, 0.3) is 0 Å². The largest absolute Gasteiger partial charge is 0.481 e. The third kappa shape index (κ3) is 1.69. The first-order valence-electron chi connectivity index (χ1n) is 3.22. The molecule has 0 saturated heterocycles. The average molecular weight is 170 g/mol. The van der Waals surface area contributed by atoms with Gasteiger partial charge in [-0.05, 0) is 6.07 Å². The number of aliphatic carboxylic acids is 1. The first-order valence-corrected chi connectivity index (χ1v) is 3.22. The number of hydrogen-bond acceptors (Lipinski definition) is 3. The molecule has 1 heterocycles. The van der Waals surface area contributed by atoms with Gasteiger partial charge >= 0.3 is 5.97 Å². The number of pyridine rings is 1. The maximum atomic E-state index is 12.8. The molecule has 0 spiro atoms. The molecule has 0 aromatic carbocycles. The molecule has 0 radical (unpaired) electrons. The summed E-state index contributed by atoms with van der Waals surface area (Å²) in [5.74, 6) is -1.84. The number of carboxylic acids is 1. The highest BCUT2D eigenvalue weighted by Crippen LogP contribution is 2.12. The number of carboxylic acid groups (broad SMARTS) is 1. The van der Waals surface area contributed by atoms with E-state index in [0.29, 0.717) is 0 Å². The lowest BCUT2D eigenvalue weighted by molar-refractivity contribution is -0.136. The van der Waals surface area contributed by atoms with Crippen LogP contribution in [0.5, 0.6) is 0 Å². The Morgan fingerprint density at radius 1 is 1.75 bits per heavy atom. The van der Waals surface area contributed by atoms with Crippen LogP contribution in [0.3, 0.4) is 0 Å². The SMILES string of the molecule is Nc1nccc(F)c1CC(=O)O. The quantitative estimate of drug-likeness (QED) is 0.674. The maximum Gasteiger partial charge on any atom is 0.308 e. The molecule has 5 heteroatoms. The van der Waals surface area contributed by atoms with Crippen LogP contribution in [0.4, 0.5) is 10.2 Å². The lowest BCUT2D eigenvalue weighted by atomic mass is 10.2. The van der Waals surface area contributed by atoms with Gasteiger partial charge in [0.15, 0.2) is 0 Å². The van der Waals surface area contributed by atoms with Crippen LogP contribution in [0.2, 0.25) is 0 Å². The van der Waals surface area contributed by atoms with E-state index in [9.17, 15) is 9.18 Å². The molecular weight excluding hydrogens is 163 g/mol. The number of halogens is 1. The third-order valence-corrected chi connectivity index (χ3v) is 1.36. The highest BCUT2D eigenvalue weighted by molar-refractivity contribution is 5.72. The monoisotopic (exact) mass is 170 g/mol. The van der Waals surface area contributed by atoms with E-state index >= 15 is 0 Å². The number of nitrogen functional groups attached to an aromatic ring is 1. The summed E-state index contributed by atoms with van der Waals surface area (Å²) in [6.07, 6.45) is 0.752. The van der Waals surface area contributed by atoms with E-state index in [1.54, 1.807) is 0 Å². The number of rotatable bonds is 2. The van der Waals surface area contributed by atoms with E-state index in [2.05, 4.69) is 4.98 Å². The molecule has 1 aromatic heterocycles. The Labute approximate surface area is 67.8 Å². The number of nitrogens with zero attached hydrogens (tertiary/aromatic N) is 1. The second kappa shape index (κ2) is 3.17. The van der Waals surface area contributed by atoms with Crippen LogP contribution in [-0.2, 0) is 11.2 Å². The van der Waals surface area contributed by atoms with Gasteiger partial charge in [-0.2, -0.15) is 0 Å². The molecule has 1 aromatic rings. The zero-order valence-electron chi connectivity index (χ0n) is 6.12. The van der Waals surface area contributed by atoms with Crippen LogP contribution >= 0.6 is 0 Å². The van der Waals surface area contributed by atoms with Gasteiger partial charge in [0, 0.05) is 11.8 Å². The maximum absolute atomic E-state index is 12.8. The fraction of sp³-hybridized carbons (Fsp3) is 0.143. The van der Waals surface area contributed by atoms with Crippen molar-refractivity contribution in [1.29, 1.82) is 0 Å². The fourth-order valence-corrected chi connectivity index (χ4v) is 0.810. The van der Waals surface area contributed by atoms with Gasteiger partial charge in [-0.3, -0.25) is 4.79 Å². The minimum Gasteiger partial charge on any atom is -0.481 e. The number of carbonyl (C=O) groups is 1. The molecule has 0 saturated carbocycles. The van der Waals surface area contributed by atoms with Gasteiger partial charge in [0.1, 0.15) is 11.6 Å². The molecular formula is C7H7FN2O2. The molecule has 12 heavy (non-hydrogen) atoms. The Balaban J connectivity index is 3.04. The molecule has 0 bridgehead atoms. The van der Waals surface area contributed by atoms with Crippen molar-refractivity contribution in [3.63, 3.8) is 0 Å². The zero-order valence-corrected chi connectivity index (χ0v) is 6.12. The van der Waals surface area contributed by atoms with Crippen LogP contribution in [0.1, 0.15) is 5.56 Å². The Morgan fingerprint density at radius 2 is 2.42 bits per heavy atom. The lowest BCUT2D eigenvalue weighted by Gasteiger charge is -2.01. The summed E-state index contributed by atoms with van der Waals surface area (Å²) in [6, 6.07) is 1.08. The van der Waals surface area contributed by atoms with E-state index < -0.39 is 18.2 Å². The second-order valence-corrected chi connectivity index (χ2v) is 2.23. The molecule has 0 aliphatic heterocycles. The van der Waals surface area contributed by atoms with Crippen molar-refractivity contribution in [3.05, 3.63) is 23.6 Å². The van der Waals surface area contributed by atoms with E-state index in [1.807, 2.05) is 0 Å². The second-order valence-electron chi connectivity index (χ2n) is 2.23. The molecule has 1 rings (SSSR count). The van der Waals surface area contributed by atoms with Gasteiger partial charge < -0.3 is 10.8 Å². The predicted octanol–water partition coefficient (Wildman–Crippen LogP) is 0.430. The summed E-state index contributed by atoms with van der Waals surface area (Å²) >= 11 is 0. The van der Waals surface area contributed by atoms with Gasteiger partial charge in [0.05, 0.1) is 6.42 Å². The molecule has 0 fully saturated rings. The van der Waals surface area contributed by atoms with Gasteiger partial charge in [-0.1, -0.05) is 0 Å². The topological polar surface area (TPSA) is 76.2 Å². The van der Waals surface area contributed by atoms with E-state index in [1.165, 1.54) is 6.20 Å². The van der Waals surface area contributed by atoms with Crippen molar-refractivity contribution in [2.45, 2.75) is 6.42 Å². The lowest BCUT2D eigenvalue weighted by Crippen LogP contribution is -2.07. The molecule has 4 nitrogen and oxygen atoms in total. The van der Waals surface area contributed by atoms with Crippen molar-refractivity contribution in [3.8, 4) is 0 Å². The number of hydrogen-bond donors (Lipinski definition) is 2. The number of aromatic nitrogens is 1. The van der Waals surface area contributed by atoms with Crippen LogP contribution in [-0.4, -0.2) is 16.1 Å². The number of nitrogens with two attached hydrogens (primary N) is 1. The summed E-state index contributed by atoms with van der Waals surface area (Å²) in [4.78, 5) is 13.8. The summed E-state index contributed by atoms with van der Waals surface area (Å²) in [6.45, 7) is 0. The zero-order chi connectivity index (χ0) is 9.14. The van der Waals surface area contributed by atoms with Gasteiger partial charge in [-0.25, -0.2) is 9.37 Å². The average Bonchev–Trinajstić information content (AvgIpc) is 1.97. The molecule has 0 amide bonds. The van der Waals surface area contributed by atoms with Crippen LogP contribution in [0.15, 0.2) is 12.3 Å². The number of anilines is 1. The Hall–Kier alpha value is -1.65. The minimum atomic E-state index is -1.13. The van der Waals surface area contributed by atoms with Crippen LogP contribution in [0.25, 0.3) is 0 Å². The summed E-state index contributed by atoms with van der Waals surface area (Å²) in [7, 11) is 0. The van der Waals surface area contributed by atoms with Gasteiger partial charge in [-0.15, -0.1) is 0 Å². The van der Waals surface area contributed by atoms with Crippen molar-refractivity contribution >= 4 is 11.8 Å². The summed E-state index contributed by atoms with van der Waals surface area (Å²) < 4.78 is 12.8. The molecule has 0 atom stereocenters. The standard InChI is InChI=1S/C7H7FN2O2/c8-5-1-2-10-7(9)4(5)3-6(11)12/h1-2H,3H2,(H2,9,10)(H,11,12). The first kappa shape index (κ1) is 8.45. The molecule has 0 aliphatic rings. The van der Waals surface area contributed by atoms with Crippen molar-refractivity contribution in [1.82, 2.24) is 4.98 Å². The van der Waals surface area contributed by atoms with Crippen molar-refractivity contribution in [2.24, 2.45) is 0 Å². The Kier molecular flexibility index (Phi) is 2.23. The fourth-order valence-electron chi connectivity index (χ4n) is 0.810. The summed E-state index contributed by atoms with van der Waals surface area (Å²) in [5, 5.41) is 8.37. The van der Waals surface area contributed by atoms with E-state index in [-0.39, 0.29) is 11.4 Å². The van der Waals surface area contributed by atoms with Crippen molar-refractivity contribution < 1.29 is 14.3 Å². The molecule has 0 unspecified atom stereocenters. The molecule has 3 N–H and O–H groups in total. The molecule has 0 aliphatic carbocycles. The predicted molar refractivity (Wildman–Crippen MR) is 39.9 cm³/mol. The minimum absolute atomic E-state index is 0.0648. The Morgan fingerprint density at radius 3 is 2.92 bits per heavy atom. The van der Waals surface area contributed by atoms with Crippen molar-refractivity contribution in [2.75, 3.05) is 5.73 Å². The first-order chi connectivity index (χ1) is 5.61. The molecule has 64 valence electrons. The van der Waals surface area contributed by atoms with Gasteiger partial charge in [0.2, 0.25) is 0 Å². The smallest absolute Gasteiger partial charge is 0.308 e. The van der Waals surface area contributed by atoms with Crippen LogP contribution in [0, 0.1) is 5.82 Å². The highest BCUT2D eigenvalue weighted by Gasteiger charge is 2.10. The van der Waals surface area contributed by atoms with E-state index in [4.69, 9.17) is 10.8 Å². The van der Waals surface area contributed by atoms with E-state index in [0.717, 1.165) is 6.07 Å². The highest BCUT2D eigenvalue weighted by atomic mass is 19.1. The summed E-state index contributed by atoms with van der Waals surface area (Å²) in [5.41, 5.74) is 5.19. The third-order valence-electron chi connectivity index (χ3n) is 1.36. The Bertz CT molecular complexity index is 294.